The van der Waals surface area contributed by atoms with Crippen molar-refractivity contribution in [2.75, 3.05) is 0 Å². The van der Waals surface area contributed by atoms with Crippen LogP contribution in [-0.2, 0) is 17.6 Å². The maximum Gasteiger partial charge on any atom is 0.303 e. The van der Waals surface area contributed by atoms with Crippen LogP contribution in [0.2, 0.25) is 0 Å². The van der Waals surface area contributed by atoms with Crippen LogP contribution in [0.3, 0.4) is 0 Å². The fourth-order valence-electron chi connectivity index (χ4n) is 2.38. The van der Waals surface area contributed by atoms with Gasteiger partial charge in [0.2, 0.25) is 0 Å². The van der Waals surface area contributed by atoms with Gasteiger partial charge in [0.1, 0.15) is 5.76 Å². The van der Waals surface area contributed by atoms with Crippen molar-refractivity contribution in [1.29, 1.82) is 0 Å². The molecule has 0 saturated heterocycles. The molecule has 0 aliphatic rings. The summed E-state index contributed by atoms with van der Waals surface area (Å²) >= 11 is 0. The first kappa shape index (κ1) is 16.7. The first-order valence-electron chi connectivity index (χ1n) is 7.59. The number of aliphatic carboxylic acids is 1. The highest BCUT2D eigenvalue weighted by Crippen LogP contribution is 2.11. The van der Waals surface area contributed by atoms with Crippen LogP contribution in [0, 0.1) is 0 Å². The third-order valence-electron chi connectivity index (χ3n) is 3.54. The standard InChI is InChI=1S/C17H20N2O4/c1-2-14-16(18-11-23-14)17(22)19-13(8-9-15(20)21)10-12-6-4-3-5-7-12/h3-7,11,13H,2,8-10H2,1H3,(H,19,22)(H,20,21). The Bertz CT molecular complexity index is 652. The molecule has 1 atom stereocenters. The minimum absolute atomic E-state index is 0.00275. The highest BCUT2D eigenvalue weighted by molar-refractivity contribution is 5.93. The molecule has 0 aliphatic carbocycles. The van der Waals surface area contributed by atoms with Crippen LogP contribution in [0.15, 0.2) is 41.1 Å². The van der Waals surface area contributed by atoms with Crippen LogP contribution in [0.5, 0.6) is 0 Å². The van der Waals surface area contributed by atoms with E-state index in [2.05, 4.69) is 10.3 Å². The lowest BCUT2D eigenvalue weighted by atomic mass is 10.0. The van der Waals surface area contributed by atoms with Crippen LogP contribution in [0.1, 0.15) is 41.6 Å². The van der Waals surface area contributed by atoms with E-state index in [1.54, 1.807) is 0 Å². The lowest BCUT2D eigenvalue weighted by molar-refractivity contribution is -0.137. The number of aryl methyl sites for hydroxylation is 1. The van der Waals surface area contributed by atoms with Crippen molar-refractivity contribution in [2.24, 2.45) is 0 Å². The van der Waals surface area contributed by atoms with Crippen LogP contribution < -0.4 is 5.32 Å². The van der Waals surface area contributed by atoms with E-state index >= 15 is 0 Å². The lowest BCUT2D eigenvalue weighted by Crippen LogP contribution is -2.37. The number of hydrogen-bond acceptors (Lipinski definition) is 4. The number of carboxylic acid groups (broad SMARTS) is 1. The summed E-state index contributed by atoms with van der Waals surface area (Å²) in [6.07, 6.45) is 2.74. The molecule has 1 unspecified atom stereocenters. The Balaban J connectivity index is 2.07. The molecule has 1 aromatic heterocycles. The molecular formula is C17H20N2O4. The van der Waals surface area contributed by atoms with Crippen molar-refractivity contribution >= 4 is 11.9 Å². The van der Waals surface area contributed by atoms with Gasteiger partial charge in [-0.25, -0.2) is 4.98 Å². The predicted molar refractivity (Wildman–Crippen MR) is 84.2 cm³/mol. The smallest absolute Gasteiger partial charge is 0.303 e. The number of carboxylic acids is 1. The predicted octanol–water partition coefficient (Wildman–Crippen LogP) is 2.44. The Morgan fingerprint density at radius 3 is 2.70 bits per heavy atom. The van der Waals surface area contributed by atoms with Gasteiger partial charge in [-0.15, -0.1) is 0 Å². The van der Waals surface area contributed by atoms with Crippen molar-refractivity contribution in [2.45, 2.75) is 38.6 Å². The highest BCUT2D eigenvalue weighted by Gasteiger charge is 2.20. The number of nitrogens with one attached hydrogen (secondary N) is 1. The molecule has 2 N–H and O–H groups in total. The molecule has 0 aliphatic heterocycles. The Hall–Kier alpha value is -2.63. The summed E-state index contributed by atoms with van der Waals surface area (Å²) in [5, 5.41) is 11.8. The lowest BCUT2D eigenvalue weighted by Gasteiger charge is -2.18. The highest BCUT2D eigenvalue weighted by atomic mass is 16.4. The topological polar surface area (TPSA) is 92.4 Å². The van der Waals surface area contributed by atoms with E-state index in [-0.39, 0.29) is 24.1 Å². The number of amides is 1. The summed E-state index contributed by atoms with van der Waals surface area (Å²) < 4.78 is 5.17. The van der Waals surface area contributed by atoms with Crippen molar-refractivity contribution in [3.8, 4) is 0 Å². The second-order valence-corrected chi connectivity index (χ2v) is 5.27. The van der Waals surface area contributed by atoms with Gasteiger partial charge in [-0.05, 0) is 18.4 Å². The van der Waals surface area contributed by atoms with Gasteiger partial charge >= 0.3 is 5.97 Å². The van der Waals surface area contributed by atoms with Gasteiger partial charge in [0, 0.05) is 18.9 Å². The van der Waals surface area contributed by atoms with Gasteiger partial charge in [-0.3, -0.25) is 9.59 Å². The Morgan fingerprint density at radius 1 is 1.30 bits per heavy atom. The molecule has 6 nitrogen and oxygen atoms in total. The molecule has 1 aromatic carbocycles. The summed E-state index contributed by atoms with van der Waals surface area (Å²) in [5.41, 5.74) is 1.31. The van der Waals surface area contributed by atoms with Gasteiger partial charge in [-0.2, -0.15) is 0 Å². The maximum absolute atomic E-state index is 12.3. The Labute approximate surface area is 134 Å². The van der Waals surface area contributed by atoms with Gasteiger partial charge in [0.15, 0.2) is 12.1 Å². The van der Waals surface area contributed by atoms with E-state index in [0.717, 1.165) is 5.56 Å². The van der Waals surface area contributed by atoms with Crippen LogP contribution >= 0.6 is 0 Å². The number of nitrogens with zero attached hydrogens (tertiary/aromatic N) is 1. The van der Waals surface area contributed by atoms with Crippen LogP contribution in [0.25, 0.3) is 0 Å². The largest absolute Gasteiger partial charge is 0.481 e. The maximum atomic E-state index is 12.3. The second-order valence-electron chi connectivity index (χ2n) is 5.27. The molecule has 122 valence electrons. The molecule has 1 heterocycles. The van der Waals surface area contributed by atoms with E-state index in [1.165, 1.54) is 6.39 Å². The van der Waals surface area contributed by atoms with Crippen molar-refractivity contribution < 1.29 is 19.1 Å². The molecular weight excluding hydrogens is 296 g/mol. The summed E-state index contributed by atoms with van der Waals surface area (Å²) in [4.78, 5) is 27.1. The first-order valence-corrected chi connectivity index (χ1v) is 7.59. The molecule has 2 aromatic rings. The number of carbonyl (C=O) groups is 2. The zero-order chi connectivity index (χ0) is 16.7. The zero-order valence-electron chi connectivity index (χ0n) is 13.0. The number of hydrogen-bond donors (Lipinski definition) is 2. The SMILES string of the molecule is CCc1ocnc1C(=O)NC(CCC(=O)O)Cc1ccccc1. The van der Waals surface area contributed by atoms with Crippen LogP contribution in [-0.4, -0.2) is 28.0 Å². The van der Waals surface area contributed by atoms with E-state index < -0.39 is 5.97 Å². The third-order valence-corrected chi connectivity index (χ3v) is 3.54. The van der Waals surface area contributed by atoms with E-state index in [1.807, 2.05) is 37.3 Å². The minimum Gasteiger partial charge on any atom is -0.481 e. The monoisotopic (exact) mass is 316 g/mol. The summed E-state index contributed by atoms with van der Waals surface area (Å²) in [6.45, 7) is 1.88. The number of benzene rings is 1. The molecule has 0 saturated carbocycles. The Kier molecular flexibility index (Phi) is 5.91. The number of oxazole rings is 1. The van der Waals surface area contributed by atoms with Crippen molar-refractivity contribution in [3.63, 3.8) is 0 Å². The van der Waals surface area contributed by atoms with Crippen molar-refractivity contribution in [1.82, 2.24) is 10.3 Å². The molecule has 2 rings (SSSR count). The van der Waals surface area contributed by atoms with E-state index in [4.69, 9.17) is 9.52 Å². The van der Waals surface area contributed by atoms with Gasteiger partial charge < -0.3 is 14.8 Å². The quantitative estimate of drug-likeness (QED) is 0.780. The normalized spacial score (nSPS) is 11.9. The van der Waals surface area contributed by atoms with Gasteiger partial charge in [0.05, 0.1) is 0 Å². The number of carbonyl (C=O) groups excluding carboxylic acids is 1. The summed E-state index contributed by atoms with van der Waals surface area (Å²) in [6, 6.07) is 9.37. The van der Waals surface area contributed by atoms with Crippen molar-refractivity contribution in [3.05, 3.63) is 53.7 Å². The summed E-state index contributed by atoms with van der Waals surface area (Å²) in [5.74, 6) is -0.686. The third kappa shape index (κ3) is 4.95. The van der Waals surface area contributed by atoms with E-state index in [0.29, 0.717) is 25.0 Å². The average molecular weight is 316 g/mol. The van der Waals surface area contributed by atoms with Crippen LogP contribution in [0.4, 0.5) is 0 Å². The zero-order valence-corrected chi connectivity index (χ0v) is 13.0. The minimum atomic E-state index is -0.881. The first-order chi connectivity index (χ1) is 11.1. The van der Waals surface area contributed by atoms with Gasteiger partial charge in [0.25, 0.3) is 5.91 Å². The molecule has 0 bridgehead atoms. The molecule has 1 amide bonds. The number of rotatable bonds is 8. The molecule has 0 fully saturated rings. The molecule has 0 radical (unpaired) electrons. The molecule has 0 spiro atoms. The number of aromatic nitrogens is 1. The van der Waals surface area contributed by atoms with Gasteiger partial charge in [-0.1, -0.05) is 37.3 Å². The molecule has 6 heteroatoms. The Morgan fingerprint density at radius 2 is 2.04 bits per heavy atom. The molecule has 23 heavy (non-hydrogen) atoms. The average Bonchev–Trinajstić information content (AvgIpc) is 3.02. The summed E-state index contributed by atoms with van der Waals surface area (Å²) in [7, 11) is 0. The van der Waals surface area contributed by atoms with E-state index in [9.17, 15) is 9.59 Å². The fourth-order valence-corrected chi connectivity index (χ4v) is 2.38. The second kappa shape index (κ2) is 8.12. The fraction of sp³-hybridized carbons (Fsp3) is 0.353.